The molecule has 0 atom stereocenters. The van der Waals surface area contributed by atoms with Gasteiger partial charge in [-0.2, -0.15) is 0 Å². The first-order valence-electron chi connectivity index (χ1n) is 7.20. The van der Waals surface area contributed by atoms with E-state index in [1.807, 2.05) is 35.8 Å². The summed E-state index contributed by atoms with van der Waals surface area (Å²) in [4.78, 5) is 30.2. The smallest absolute Gasteiger partial charge is 0.227 e. The standard InChI is InChI=1S/C16H16N4O2S/c1-10(21)17-7-6-15(22)20-16-19-14(9-23-16)12-8-18-13-5-3-2-4-11(12)13/h2-5,8-9,18H,6-7H2,1H3,(H,17,21)(H,19,20,22). The van der Waals surface area contributed by atoms with Crippen LogP contribution < -0.4 is 10.6 Å². The second-order valence-electron chi connectivity index (χ2n) is 5.07. The van der Waals surface area contributed by atoms with Gasteiger partial charge in [0.2, 0.25) is 11.8 Å². The molecule has 3 rings (SSSR count). The van der Waals surface area contributed by atoms with Gasteiger partial charge in [0.1, 0.15) is 0 Å². The SMILES string of the molecule is CC(=O)NCCC(=O)Nc1nc(-c2c[nH]c3ccccc23)cs1. The molecule has 0 bridgehead atoms. The molecule has 7 heteroatoms. The number of carbonyl (C=O) groups excluding carboxylic acids is 2. The maximum Gasteiger partial charge on any atom is 0.227 e. The summed E-state index contributed by atoms with van der Waals surface area (Å²) in [5.74, 6) is -0.313. The summed E-state index contributed by atoms with van der Waals surface area (Å²) >= 11 is 1.38. The van der Waals surface area contributed by atoms with Gasteiger partial charge >= 0.3 is 0 Å². The fourth-order valence-corrected chi connectivity index (χ4v) is 3.00. The van der Waals surface area contributed by atoms with Crippen LogP contribution in [0.4, 0.5) is 5.13 Å². The molecule has 0 radical (unpaired) electrons. The quantitative estimate of drug-likeness (QED) is 0.673. The highest BCUT2D eigenvalue weighted by Gasteiger charge is 2.11. The second kappa shape index (κ2) is 6.62. The van der Waals surface area contributed by atoms with E-state index in [9.17, 15) is 9.59 Å². The van der Waals surface area contributed by atoms with Crippen LogP contribution >= 0.6 is 11.3 Å². The number of anilines is 1. The van der Waals surface area contributed by atoms with Crippen LogP contribution in [0.25, 0.3) is 22.2 Å². The molecule has 23 heavy (non-hydrogen) atoms. The summed E-state index contributed by atoms with van der Waals surface area (Å²) in [6.45, 7) is 1.74. The summed E-state index contributed by atoms with van der Waals surface area (Å²) in [5, 5.41) is 8.91. The van der Waals surface area contributed by atoms with Crippen molar-refractivity contribution in [3.05, 3.63) is 35.8 Å². The van der Waals surface area contributed by atoms with E-state index in [2.05, 4.69) is 20.6 Å². The van der Waals surface area contributed by atoms with E-state index < -0.39 is 0 Å². The van der Waals surface area contributed by atoms with Crippen LogP contribution in [0.15, 0.2) is 35.8 Å². The summed E-state index contributed by atoms with van der Waals surface area (Å²) in [7, 11) is 0. The first kappa shape index (κ1) is 15.2. The lowest BCUT2D eigenvalue weighted by Crippen LogP contribution is -2.25. The topological polar surface area (TPSA) is 86.9 Å². The van der Waals surface area contributed by atoms with Gasteiger partial charge in [0, 0.05) is 47.9 Å². The minimum atomic E-state index is -0.168. The number of H-pyrrole nitrogens is 1. The van der Waals surface area contributed by atoms with E-state index in [0.717, 1.165) is 22.2 Å². The monoisotopic (exact) mass is 328 g/mol. The molecule has 1 aromatic carbocycles. The number of para-hydroxylation sites is 1. The molecule has 0 saturated heterocycles. The number of benzene rings is 1. The van der Waals surface area contributed by atoms with Crippen LogP contribution in [0.5, 0.6) is 0 Å². The number of nitrogens with one attached hydrogen (secondary N) is 3. The molecule has 3 aromatic rings. The predicted octanol–water partition coefficient (Wildman–Crippen LogP) is 2.76. The van der Waals surface area contributed by atoms with E-state index >= 15 is 0 Å². The average Bonchev–Trinajstić information content (AvgIpc) is 3.13. The van der Waals surface area contributed by atoms with Crippen molar-refractivity contribution in [2.75, 3.05) is 11.9 Å². The van der Waals surface area contributed by atoms with Crippen LogP contribution in [0.1, 0.15) is 13.3 Å². The number of aromatic amines is 1. The maximum absolute atomic E-state index is 11.8. The van der Waals surface area contributed by atoms with Gasteiger partial charge in [-0.3, -0.25) is 9.59 Å². The van der Waals surface area contributed by atoms with Gasteiger partial charge in [0.05, 0.1) is 5.69 Å². The third-order valence-electron chi connectivity index (χ3n) is 3.34. The van der Waals surface area contributed by atoms with Gasteiger partial charge in [-0.05, 0) is 6.07 Å². The van der Waals surface area contributed by atoms with Crippen LogP contribution in [-0.4, -0.2) is 28.3 Å². The van der Waals surface area contributed by atoms with E-state index in [0.29, 0.717) is 11.7 Å². The Morgan fingerprint density at radius 1 is 1.30 bits per heavy atom. The van der Waals surface area contributed by atoms with Gasteiger partial charge in [-0.1, -0.05) is 18.2 Å². The number of aromatic nitrogens is 2. The minimum Gasteiger partial charge on any atom is -0.360 e. The van der Waals surface area contributed by atoms with Crippen molar-refractivity contribution >= 4 is 39.2 Å². The number of amides is 2. The van der Waals surface area contributed by atoms with Crippen molar-refractivity contribution < 1.29 is 9.59 Å². The molecule has 118 valence electrons. The minimum absolute atomic E-state index is 0.145. The van der Waals surface area contributed by atoms with Gasteiger partial charge in [0.15, 0.2) is 5.13 Å². The molecule has 0 fully saturated rings. The Bertz CT molecular complexity index is 853. The molecule has 2 heterocycles. The van der Waals surface area contributed by atoms with Gasteiger partial charge in [0.25, 0.3) is 0 Å². The lowest BCUT2D eigenvalue weighted by Gasteiger charge is -2.02. The molecule has 6 nitrogen and oxygen atoms in total. The summed E-state index contributed by atoms with van der Waals surface area (Å²) in [5.41, 5.74) is 2.89. The van der Waals surface area contributed by atoms with Gasteiger partial charge in [-0.15, -0.1) is 11.3 Å². The lowest BCUT2D eigenvalue weighted by molar-refractivity contribution is -0.119. The first-order chi connectivity index (χ1) is 11.1. The summed E-state index contributed by atoms with van der Waals surface area (Å²) in [6.07, 6.45) is 2.14. The van der Waals surface area contributed by atoms with Crippen molar-refractivity contribution in [2.45, 2.75) is 13.3 Å². The fourth-order valence-electron chi connectivity index (χ4n) is 2.27. The molecule has 0 aliphatic heterocycles. The number of nitrogens with zero attached hydrogens (tertiary/aromatic N) is 1. The second-order valence-corrected chi connectivity index (χ2v) is 5.93. The molecule has 0 aliphatic carbocycles. The average molecular weight is 328 g/mol. The molecule has 0 unspecified atom stereocenters. The van der Waals surface area contributed by atoms with Crippen molar-refractivity contribution in [2.24, 2.45) is 0 Å². The lowest BCUT2D eigenvalue weighted by atomic mass is 10.1. The van der Waals surface area contributed by atoms with E-state index in [1.165, 1.54) is 18.3 Å². The number of fused-ring (bicyclic) bond motifs is 1. The van der Waals surface area contributed by atoms with Crippen LogP contribution in [0.2, 0.25) is 0 Å². The largest absolute Gasteiger partial charge is 0.360 e. The molecular formula is C16H16N4O2S. The van der Waals surface area contributed by atoms with Crippen LogP contribution in [0, 0.1) is 0 Å². The van der Waals surface area contributed by atoms with E-state index in [-0.39, 0.29) is 18.2 Å². The number of thiazole rings is 1. The highest BCUT2D eigenvalue weighted by Crippen LogP contribution is 2.30. The van der Waals surface area contributed by atoms with Gasteiger partial charge in [-0.25, -0.2) is 4.98 Å². The molecule has 2 aromatic heterocycles. The number of carbonyl (C=O) groups is 2. The molecule has 0 spiro atoms. The van der Waals surface area contributed by atoms with E-state index in [4.69, 9.17) is 0 Å². The van der Waals surface area contributed by atoms with Crippen LogP contribution in [0.3, 0.4) is 0 Å². The number of rotatable bonds is 5. The van der Waals surface area contributed by atoms with Crippen molar-refractivity contribution in [3.8, 4) is 11.3 Å². The zero-order chi connectivity index (χ0) is 16.2. The molecular weight excluding hydrogens is 312 g/mol. The Hall–Kier alpha value is -2.67. The Morgan fingerprint density at radius 2 is 2.13 bits per heavy atom. The summed E-state index contributed by atoms with van der Waals surface area (Å²) in [6, 6.07) is 8.00. The van der Waals surface area contributed by atoms with Crippen LogP contribution in [-0.2, 0) is 9.59 Å². The zero-order valence-corrected chi connectivity index (χ0v) is 13.4. The number of hydrogen-bond acceptors (Lipinski definition) is 4. The fraction of sp³-hybridized carbons (Fsp3) is 0.188. The molecule has 3 N–H and O–H groups in total. The molecule has 0 aliphatic rings. The Morgan fingerprint density at radius 3 is 2.96 bits per heavy atom. The van der Waals surface area contributed by atoms with Crippen molar-refractivity contribution in [1.82, 2.24) is 15.3 Å². The zero-order valence-electron chi connectivity index (χ0n) is 12.6. The first-order valence-corrected chi connectivity index (χ1v) is 8.08. The molecule has 2 amide bonds. The highest BCUT2D eigenvalue weighted by molar-refractivity contribution is 7.14. The predicted molar refractivity (Wildman–Crippen MR) is 91.3 cm³/mol. The Labute approximate surface area is 136 Å². The third-order valence-corrected chi connectivity index (χ3v) is 4.10. The number of hydrogen-bond donors (Lipinski definition) is 3. The summed E-state index contributed by atoms with van der Waals surface area (Å²) < 4.78 is 0. The normalized spacial score (nSPS) is 10.7. The Kier molecular flexibility index (Phi) is 4.38. The van der Waals surface area contributed by atoms with Crippen molar-refractivity contribution in [1.29, 1.82) is 0 Å². The third kappa shape index (κ3) is 3.57. The molecule has 0 saturated carbocycles. The van der Waals surface area contributed by atoms with E-state index in [1.54, 1.807) is 0 Å². The van der Waals surface area contributed by atoms with Crippen molar-refractivity contribution in [3.63, 3.8) is 0 Å². The maximum atomic E-state index is 11.8. The van der Waals surface area contributed by atoms with Gasteiger partial charge < -0.3 is 15.6 Å². The highest BCUT2D eigenvalue weighted by atomic mass is 32.1. The Balaban J connectivity index is 1.68.